The van der Waals surface area contributed by atoms with E-state index in [0.29, 0.717) is 13.1 Å². The molecule has 25 heavy (non-hydrogen) atoms. The third kappa shape index (κ3) is 3.16. The van der Waals surface area contributed by atoms with Crippen LogP contribution in [0.25, 0.3) is 0 Å². The average molecular weight is 354 g/mol. The zero-order valence-electron chi connectivity index (χ0n) is 14.7. The fourth-order valence-electron chi connectivity index (χ4n) is 3.08. The molecular weight excluding hydrogens is 332 g/mol. The Hall–Kier alpha value is -2.27. The molecule has 5 heteroatoms. The van der Waals surface area contributed by atoms with Gasteiger partial charge >= 0.3 is 0 Å². The highest BCUT2D eigenvalue weighted by Gasteiger charge is 2.49. The number of hydrogen-bond donors (Lipinski definition) is 0. The second kappa shape index (κ2) is 6.92. The zero-order chi connectivity index (χ0) is 18.0. The molecule has 0 radical (unpaired) electrons. The van der Waals surface area contributed by atoms with E-state index in [1.165, 1.54) is 11.8 Å². The van der Waals surface area contributed by atoms with Crippen molar-refractivity contribution >= 4 is 29.3 Å². The topological polar surface area (TPSA) is 40.6 Å². The maximum absolute atomic E-state index is 13.3. The second-order valence-corrected chi connectivity index (χ2v) is 7.73. The molecule has 1 atom stereocenters. The van der Waals surface area contributed by atoms with E-state index >= 15 is 0 Å². The van der Waals surface area contributed by atoms with Crippen LogP contribution in [0.5, 0.6) is 0 Å². The maximum Gasteiger partial charge on any atom is 0.252 e. The Morgan fingerprint density at radius 2 is 1.76 bits per heavy atom. The number of hydrogen-bond acceptors (Lipinski definition) is 3. The lowest BCUT2D eigenvalue weighted by molar-refractivity contribution is -0.138. The third-order valence-corrected chi connectivity index (χ3v) is 5.87. The van der Waals surface area contributed by atoms with Gasteiger partial charge in [0.1, 0.15) is 0 Å². The number of carbonyl (C=O) groups is 2. The molecule has 0 aromatic heterocycles. The highest BCUT2D eigenvalue weighted by molar-refractivity contribution is 8.02. The molecule has 3 rings (SSSR count). The Morgan fingerprint density at radius 3 is 2.44 bits per heavy atom. The minimum atomic E-state index is -1.14. The van der Waals surface area contributed by atoms with Crippen molar-refractivity contribution in [1.29, 1.82) is 0 Å². The highest BCUT2D eigenvalue weighted by atomic mass is 32.2. The number of nitrogens with zero attached hydrogens (tertiary/aromatic N) is 2. The van der Waals surface area contributed by atoms with Crippen LogP contribution in [0.1, 0.15) is 19.4 Å². The van der Waals surface area contributed by atoms with Crippen molar-refractivity contribution in [3.05, 3.63) is 60.2 Å². The summed E-state index contributed by atoms with van der Waals surface area (Å²) < 4.78 is -1.14. The van der Waals surface area contributed by atoms with Gasteiger partial charge in [0.15, 0.2) is 4.75 Å². The molecule has 4 nitrogen and oxygen atoms in total. The van der Waals surface area contributed by atoms with E-state index in [2.05, 4.69) is 0 Å². The molecule has 0 fully saturated rings. The molecule has 2 aromatic carbocycles. The minimum absolute atomic E-state index is 0.143. The molecule has 0 saturated carbocycles. The Kier molecular flexibility index (Phi) is 4.86. The number of fused-ring (bicyclic) bond motifs is 1. The van der Waals surface area contributed by atoms with Crippen LogP contribution in [0.3, 0.4) is 0 Å². The number of benzene rings is 2. The van der Waals surface area contributed by atoms with Gasteiger partial charge in [-0.05, 0) is 31.5 Å². The van der Waals surface area contributed by atoms with E-state index < -0.39 is 4.75 Å². The number of anilines is 1. The summed E-state index contributed by atoms with van der Waals surface area (Å²) in [6.45, 7) is 4.75. The molecule has 2 amide bonds. The van der Waals surface area contributed by atoms with Gasteiger partial charge in [0.05, 0.1) is 5.69 Å². The molecule has 0 spiro atoms. The number of carbonyl (C=O) groups excluding carboxylic acids is 2. The first kappa shape index (κ1) is 17.5. The number of amides is 2. The van der Waals surface area contributed by atoms with Gasteiger partial charge in [0.25, 0.3) is 5.91 Å². The van der Waals surface area contributed by atoms with Gasteiger partial charge < -0.3 is 9.80 Å². The van der Waals surface area contributed by atoms with Gasteiger partial charge in [-0.25, -0.2) is 0 Å². The van der Waals surface area contributed by atoms with Crippen molar-refractivity contribution in [3.63, 3.8) is 0 Å². The predicted octanol–water partition coefficient (Wildman–Crippen LogP) is 3.56. The minimum Gasteiger partial charge on any atom is -0.337 e. The van der Waals surface area contributed by atoms with E-state index in [9.17, 15) is 9.59 Å². The van der Waals surface area contributed by atoms with Crippen LogP contribution in [-0.2, 0) is 16.1 Å². The van der Waals surface area contributed by atoms with Crippen molar-refractivity contribution in [2.24, 2.45) is 0 Å². The summed E-state index contributed by atoms with van der Waals surface area (Å²) in [4.78, 5) is 30.6. The molecule has 130 valence electrons. The summed E-state index contributed by atoms with van der Waals surface area (Å²) >= 11 is 1.35. The van der Waals surface area contributed by atoms with Crippen LogP contribution >= 0.6 is 11.8 Å². The maximum atomic E-state index is 13.3. The first-order valence-electron chi connectivity index (χ1n) is 8.37. The average Bonchev–Trinajstić information content (AvgIpc) is 2.64. The van der Waals surface area contributed by atoms with Gasteiger partial charge in [0.2, 0.25) is 5.91 Å². The quantitative estimate of drug-likeness (QED) is 0.788. The fraction of sp³-hybridized carbons (Fsp3) is 0.300. The Labute approximate surface area is 152 Å². The standard InChI is InChI=1S/C20H22N2O2S/c1-4-22(14-15-10-6-5-7-11-15)19(24)20(2)18(23)21(3)16-12-8-9-13-17(16)25-20/h5-13H,4,14H2,1-3H3. The normalized spacial score (nSPS) is 19.5. The molecule has 0 bridgehead atoms. The number of para-hydroxylation sites is 1. The van der Waals surface area contributed by atoms with Crippen molar-refractivity contribution in [2.75, 3.05) is 18.5 Å². The summed E-state index contributed by atoms with van der Waals surface area (Å²) in [5, 5.41) is 0. The largest absolute Gasteiger partial charge is 0.337 e. The molecule has 1 heterocycles. The van der Waals surface area contributed by atoms with E-state index in [-0.39, 0.29) is 11.8 Å². The summed E-state index contributed by atoms with van der Waals surface area (Å²) in [5.41, 5.74) is 1.91. The van der Waals surface area contributed by atoms with Gasteiger partial charge in [-0.15, -0.1) is 0 Å². The second-order valence-electron chi connectivity index (χ2n) is 6.27. The smallest absolute Gasteiger partial charge is 0.252 e. The van der Waals surface area contributed by atoms with E-state index in [1.807, 2.05) is 61.5 Å². The van der Waals surface area contributed by atoms with Crippen LogP contribution in [-0.4, -0.2) is 35.1 Å². The van der Waals surface area contributed by atoms with E-state index in [0.717, 1.165) is 16.1 Å². The predicted molar refractivity (Wildman–Crippen MR) is 102 cm³/mol. The molecule has 0 saturated heterocycles. The zero-order valence-corrected chi connectivity index (χ0v) is 15.5. The van der Waals surface area contributed by atoms with E-state index in [4.69, 9.17) is 0 Å². The van der Waals surface area contributed by atoms with Gasteiger partial charge in [-0.3, -0.25) is 9.59 Å². The van der Waals surface area contributed by atoms with Crippen LogP contribution in [0.15, 0.2) is 59.5 Å². The Balaban J connectivity index is 1.90. The van der Waals surface area contributed by atoms with Crippen LogP contribution < -0.4 is 4.90 Å². The summed E-state index contributed by atoms with van der Waals surface area (Å²) in [5.74, 6) is -0.317. The SMILES string of the molecule is CCN(Cc1ccccc1)C(=O)C1(C)Sc2ccccc2N(C)C1=O. The summed E-state index contributed by atoms with van der Waals surface area (Å²) in [6, 6.07) is 17.6. The lowest BCUT2D eigenvalue weighted by atomic mass is 10.1. The van der Waals surface area contributed by atoms with Crippen molar-refractivity contribution in [2.45, 2.75) is 30.0 Å². The molecule has 1 aliphatic rings. The van der Waals surface area contributed by atoms with Crippen LogP contribution in [0.2, 0.25) is 0 Å². The highest BCUT2D eigenvalue weighted by Crippen LogP contribution is 2.45. The molecule has 0 aliphatic carbocycles. The van der Waals surface area contributed by atoms with Gasteiger partial charge in [-0.1, -0.05) is 54.2 Å². The molecule has 1 unspecified atom stereocenters. The summed E-state index contributed by atoms with van der Waals surface area (Å²) in [7, 11) is 1.74. The Morgan fingerprint density at radius 1 is 1.12 bits per heavy atom. The van der Waals surface area contributed by atoms with Crippen LogP contribution in [0.4, 0.5) is 5.69 Å². The Bertz CT molecular complexity index is 793. The monoisotopic (exact) mass is 354 g/mol. The lowest BCUT2D eigenvalue weighted by Crippen LogP contribution is -2.56. The lowest BCUT2D eigenvalue weighted by Gasteiger charge is -2.39. The van der Waals surface area contributed by atoms with Crippen LogP contribution in [0, 0.1) is 0 Å². The fourth-order valence-corrected chi connectivity index (χ4v) is 4.42. The first-order valence-corrected chi connectivity index (χ1v) is 9.18. The van der Waals surface area contributed by atoms with Crippen molar-refractivity contribution < 1.29 is 9.59 Å². The van der Waals surface area contributed by atoms with Gasteiger partial charge in [0, 0.05) is 25.0 Å². The first-order chi connectivity index (χ1) is 12.0. The molecule has 2 aromatic rings. The van der Waals surface area contributed by atoms with E-state index in [1.54, 1.807) is 23.8 Å². The number of rotatable bonds is 4. The van der Waals surface area contributed by atoms with Crippen molar-refractivity contribution in [3.8, 4) is 0 Å². The van der Waals surface area contributed by atoms with Crippen molar-refractivity contribution in [1.82, 2.24) is 4.90 Å². The molecular formula is C20H22N2O2S. The molecule has 0 N–H and O–H groups in total. The third-order valence-electron chi connectivity index (χ3n) is 4.55. The summed E-state index contributed by atoms with van der Waals surface area (Å²) in [6.07, 6.45) is 0. The van der Waals surface area contributed by atoms with Gasteiger partial charge in [-0.2, -0.15) is 0 Å². The number of thioether (sulfide) groups is 1. The molecule has 1 aliphatic heterocycles.